The minimum atomic E-state index is -0.422. The first-order chi connectivity index (χ1) is 12.1. The molecule has 0 saturated carbocycles. The van der Waals surface area contributed by atoms with Gasteiger partial charge in [0.1, 0.15) is 12.4 Å². The zero-order chi connectivity index (χ0) is 18.1. The van der Waals surface area contributed by atoms with Crippen molar-refractivity contribution in [2.45, 2.75) is 6.92 Å². The Labute approximate surface area is 147 Å². The standard InChI is InChI=1S/C20H20N2O3/c1-3-14-25-17-11-8-16(9-12-17)10-13-19(23)21-22-20(24)18-7-5-4-6-15(18)2/h3-13H,1,14H2,2H3,(H,21,23)(H,22,24)/b13-10+. The van der Waals surface area contributed by atoms with Crippen LogP contribution < -0.4 is 15.6 Å². The number of carbonyl (C=O) groups is 2. The molecule has 2 aromatic carbocycles. The summed E-state index contributed by atoms with van der Waals surface area (Å²) in [7, 11) is 0. The summed E-state index contributed by atoms with van der Waals surface area (Å²) in [5.74, 6) is -0.0514. The number of hydrogen-bond donors (Lipinski definition) is 2. The maximum atomic E-state index is 12.0. The molecular formula is C20H20N2O3. The molecule has 2 rings (SSSR count). The van der Waals surface area contributed by atoms with Crippen LogP contribution in [0.3, 0.4) is 0 Å². The van der Waals surface area contributed by atoms with Crippen molar-refractivity contribution in [3.8, 4) is 5.75 Å². The molecule has 0 aromatic heterocycles. The summed E-state index contributed by atoms with van der Waals surface area (Å²) in [6.07, 6.45) is 4.66. The summed E-state index contributed by atoms with van der Waals surface area (Å²) in [5.41, 5.74) is 6.94. The first-order valence-corrected chi connectivity index (χ1v) is 7.78. The van der Waals surface area contributed by atoms with E-state index in [0.29, 0.717) is 12.2 Å². The summed E-state index contributed by atoms with van der Waals surface area (Å²) < 4.78 is 5.38. The molecule has 2 amide bonds. The van der Waals surface area contributed by atoms with Crippen LogP contribution in [0, 0.1) is 6.92 Å². The first-order valence-electron chi connectivity index (χ1n) is 7.78. The molecule has 0 aliphatic carbocycles. The fraction of sp³-hybridized carbons (Fsp3) is 0.100. The lowest BCUT2D eigenvalue weighted by Gasteiger charge is -2.07. The molecule has 128 valence electrons. The third-order valence-corrected chi connectivity index (χ3v) is 3.36. The summed E-state index contributed by atoms with van der Waals surface area (Å²) in [6, 6.07) is 14.4. The number of carbonyl (C=O) groups excluding carboxylic acids is 2. The fourth-order valence-corrected chi connectivity index (χ4v) is 2.06. The molecule has 0 saturated heterocycles. The maximum absolute atomic E-state index is 12.0. The first kappa shape index (κ1) is 18.0. The van der Waals surface area contributed by atoms with E-state index in [1.54, 1.807) is 36.4 Å². The topological polar surface area (TPSA) is 67.4 Å². The third kappa shape index (κ3) is 5.66. The number of rotatable bonds is 6. The highest BCUT2D eigenvalue weighted by Crippen LogP contribution is 2.13. The van der Waals surface area contributed by atoms with Crippen LogP contribution in [0.2, 0.25) is 0 Å². The summed E-state index contributed by atoms with van der Waals surface area (Å²) in [4.78, 5) is 23.8. The van der Waals surface area contributed by atoms with Crippen LogP contribution in [0.4, 0.5) is 0 Å². The van der Waals surface area contributed by atoms with Crippen molar-refractivity contribution in [2.24, 2.45) is 0 Å². The van der Waals surface area contributed by atoms with Gasteiger partial charge in [-0.05, 0) is 42.3 Å². The second-order valence-corrected chi connectivity index (χ2v) is 5.26. The largest absolute Gasteiger partial charge is 0.490 e. The van der Waals surface area contributed by atoms with E-state index in [-0.39, 0.29) is 5.91 Å². The zero-order valence-electron chi connectivity index (χ0n) is 14.0. The molecule has 0 atom stereocenters. The number of hydrazine groups is 1. The summed E-state index contributed by atoms with van der Waals surface area (Å²) >= 11 is 0. The van der Waals surface area contributed by atoms with Crippen molar-refractivity contribution >= 4 is 17.9 Å². The number of nitrogens with one attached hydrogen (secondary N) is 2. The van der Waals surface area contributed by atoms with Gasteiger partial charge in [-0.15, -0.1) is 0 Å². The van der Waals surface area contributed by atoms with Crippen molar-refractivity contribution in [3.05, 3.63) is 84.0 Å². The van der Waals surface area contributed by atoms with Crippen LogP contribution in [-0.2, 0) is 4.79 Å². The molecule has 0 fully saturated rings. The number of aryl methyl sites for hydroxylation is 1. The van der Waals surface area contributed by atoms with E-state index in [0.717, 1.165) is 16.9 Å². The van der Waals surface area contributed by atoms with Gasteiger partial charge in [-0.3, -0.25) is 20.4 Å². The Balaban J connectivity index is 1.85. The van der Waals surface area contributed by atoms with Gasteiger partial charge in [0.2, 0.25) is 0 Å². The van der Waals surface area contributed by atoms with Crippen molar-refractivity contribution in [3.63, 3.8) is 0 Å². The minimum Gasteiger partial charge on any atom is -0.490 e. The molecular weight excluding hydrogens is 316 g/mol. The van der Waals surface area contributed by atoms with Gasteiger partial charge in [-0.2, -0.15) is 0 Å². The molecule has 5 nitrogen and oxygen atoms in total. The van der Waals surface area contributed by atoms with E-state index in [4.69, 9.17) is 4.74 Å². The summed E-state index contributed by atoms with van der Waals surface area (Å²) in [5, 5.41) is 0. The van der Waals surface area contributed by atoms with E-state index >= 15 is 0 Å². The van der Waals surface area contributed by atoms with Gasteiger partial charge in [-0.25, -0.2) is 0 Å². The Bertz CT molecular complexity index is 780. The molecule has 0 radical (unpaired) electrons. The van der Waals surface area contributed by atoms with Gasteiger partial charge < -0.3 is 4.74 Å². The van der Waals surface area contributed by atoms with Crippen LogP contribution >= 0.6 is 0 Å². The zero-order valence-corrected chi connectivity index (χ0v) is 14.0. The van der Waals surface area contributed by atoms with Crippen LogP contribution in [0.25, 0.3) is 6.08 Å². The molecule has 25 heavy (non-hydrogen) atoms. The van der Waals surface area contributed by atoms with Gasteiger partial charge in [0.05, 0.1) is 0 Å². The van der Waals surface area contributed by atoms with E-state index in [1.807, 2.05) is 31.2 Å². The highest BCUT2D eigenvalue weighted by molar-refractivity contribution is 5.98. The molecule has 2 aromatic rings. The normalized spacial score (nSPS) is 10.3. The van der Waals surface area contributed by atoms with Crippen LogP contribution in [0.1, 0.15) is 21.5 Å². The third-order valence-electron chi connectivity index (χ3n) is 3.36. The number of benzene rings is 2. The van der Waals surface area contributed by atoms with Crippen LogP contribution in [0.5, 0.6) is 5.75 Å². The van der Waals surface area contributed by atoms with Gasteiger partial charge in [0, 0.05) is 11.6 Å². The second kappa shape index (κ2) is 9.08. The van der Waals surface area contributed by atoms with Crippen LogP contribution in [-0.4, -0.2) is 18.4 Å². The Morgan fingerprint density at radius 3 is 2.48 bits per heavy atom. The molecule has 2 N–H and O–H groups in total. The number of ether oxygens (including phenoxy) is 1. The van der Waals surface area contributed by atoms with Gasteiger partial charge in [0.25, 0.3) is 11.8 Å². The Hall–Kier alpha value is -3.34. The van der Waals surface area contributed by atoms with E-state index in [1.165, 1.54) is 6.08 Å². The fourth-order valence-electron chi connectivity index (χ4n) is 2.06. The molecule has 0 aliphatic heterocycles. The molecule has 0 aliphatic rings. The lowest BCUT2D eigenvalue weighted by molar-refractivity contribution is -0.117. The number of amides is 2. The van der Waals surface area contributed by atoms with Crippen molar-refractivity contribution in [1.29, 1.82) is 0 Å². The maximum Gasteiger partial charge on any atom is 0.269 e. The lowest BCUT2D eigenvalue weighted by Crippen LogP contribution is -2.41. The molecule has 5 heteroatoms. The average molecular weight is 336 g/mol. The Morgan fingerprint density at radius 2 is 1.80 bits per heavy atom. The van der Waals surface area contributed by atoms with E-state index in [2.05, 4.69) is 17.4 Å². The SMILES string of the molecule is C=CCOc1ccc(/C=C/C(=O)NNC(=O)c2ccccc2C)cc1. The molecule has 0 heterocycles. The Morgan fingerprint density at radius 1 is 1.08 bits per heavy atom. The van der Waals surface area contributed by atoms with Crippen molar-refractivity contribution in [1.82, 2.24) is 10.9 Å². The van der Waals surface area contributed by atoms with Gasteiger partial charge in [-0.1, -0.05) is 43.0 Å². The van der Waals surface area contributed by atoms with E-state index in [9.17, 15) is 9.59 Å². The monoisotopic (exact) mass is 336 g/mol. The predicted molar refractivity (Wildman–Crippen MR) is 98.0 cm³/mol. The van der Waals surface area contributed by atoms with E-state index < -0.39 is 5.91 Å². The number of hydrogen-bond acceptors (Lipinski definition) is 3. The molecule has 0 bridgehead atoms. The molecule has 0 unspecified atom stereocenters. The quantitative estimate of drug-likeness (QED) is 0.484. The Kier molecular flexibility index (Phi) is 6.54. The lowest BCUT2D eigenvalue weighted by atomic mass is 10.1. The highest BCUT2D eigenvalue weighted by Gasteiger charge is 2.08. The minimum absolute atomic E-state index is 0.358. The van der Waals surface area contributed by atoms with Crippen LogP contribution in [0.15, 0.2) is 67.3 Å². The summed E-state index contributed by atoms with van der Waals surface area (Å²) in [6.45, 7) is 5.86. The van der Waals surface area contributed by atoms with Crippen molar-refractivity contribution in [2.75, 3.05) is 6.61 Å². The molecule has 0 spiro atoms. The highest BCUT2D eigenvalue weighted by atomic mass is 16.5. The van der Waals surface area contributed by atoms with Gasteiger partial charge >= 0.3 is 0 Å². The average Bonchev–Trinajstić information content (AvgIpc) is 2.64. The van der Waals surface area contributed by atoms with Crippen molar-refractivity contribution < 1.29 is 14.3 Å². The predicted octanol–water partition coefficient (Wildman–Crippen LogP) is 3.03. The smallest absolute Gasteiger partial charge is 0.269 e. The second-order valence-electron chi connectivity index (χ2n) is 5.26. The van der Waals surface area contributed by atoms with Gasteiger partial charge in [0.15, 0.2) is 0 Å².